The highest BCUT2D eigenvalue weighted by atomic mass is 19.4. The quantitative estimate of drug-likeness (QED) is 0.261. The minimum atomic E-state index is -5.17. The summed E-state index contributed by atoms with van der Waals surface area (Å²) in [5.74, 6) is 0.00549. The molecule has 1 atom stereocenters. The van der Waals surface area contributed by atoms with Gasteiger partial charge in [0.25, 0.3) is 6.43 Å². The van der Waals surface area contributed by atoms with Gasteiger partial charge in [-0.25, -0.2) is 13.6 Å². The van der Waals surface area contributed by atoms with Crippen molar-refractivity contribution in [1.29, 1.82) is 0 Å². The maximum atomic E-state index is 13.5. The molecule has 0 N–H and O–H groups in total. The zero-order valence-corrected chi connectivity index (χ0v) is 21.1. The monoisotopic (exact) mass is 613 g/mol. The molecule has 42 heavy (non-hydrogen) atoms. The van der Waals surface area contributed by atoms with Gasteiger partial charge in [0, 0.05) is 17.7 Å². The maximum absolute atomic E-state index is 13.5. The Kier molecular flexibility index (Phi) is 8.08. The summed E-state index contributed by atoms with van der Waals surface area (Å²) in [5, 5.41) is 0. The lowest BCUT2D eigenvalue weighted by Gasteiger charge is -2.20. The van der Waals surface area contributed by atoms with E-state index in [1.54, 1.807) is 0 Å². The van der Waals surface area contributed by atoms with Gasteiger partial charge >= 0.3 is 24.6 Å². The van der Waals surface area contributed by atoms with Crippen LogP contribution in [0.1, 0.15) is 45.9 Å². The van der Waals surface area contributed by atoms with Crippen LogP contribution in [-0.2, 0) is 29.8 Å². The van der Waals surface area contributed by atoms with Crippen molar-refractivity contribution in [1.82, 2.24) is 4.90 Å². The van der Waals surface area contributed by atoms with Gasteiger partial charge in [-0.05, 0) is 65.2 Å². The Bertz CT molecular complexity index is 1450. The van der Waals surface area contributed by atoms with Crippen molar-refractivity contribution in [2.24, 2.45) is 0 Å². The number of halogens is 11. The number of hydrogen-bond acceptors (Lipinski definition) is 3. The number of carbonyl (C=O) groups excluding carboxylic acids is 1. The molecular weight excluding hydrogens is 595 g/mol. The number of nitrogens with zero attached hydrogens (tertiary/aromatic N) is 1. The Morgan fingerprint density at radius 1 is 0.810 bits per heavy atom. The molecule has 15 heteroatoms. The number of hydrogen-bond donors (Lipinski definition) is 0. The van der Waals surface area contributed by atoms with Gasteiger partial charge in [0.1, 0.15) is 11.9 Å². The van der Waals surface area contributed by atoms with Gasteiger partial charge in [0.05, 0.1) is 30.3 Å². The van der Waals surface area contributed by atoms with Crippen LogP contribution in [0.4, 0.5) is 53.1 Å². The second kappa shape index (κ2) is 11.0. The Labute approximate surface area is 230 Å². The lowest BCUT2D eigenvalue weighted by atomic mass is 9.94. The van der Waals surface area contributed by atoms with E-state index >= 15 is 0 Å². The fourth-order valence-corrected chi connectivity index (χ4v) is 4.42. The number of amides is 1. The molecule has 1 fully saturated rings. The molecule has 0 saturated carbocycles. The molecule has 1 amide bonds. The number of rotatable bonds is 6. The van der Waals surface area contributed by atoms with Crippen LogP contribution in [0.2, 0.25) is 0 Å². The molecule has 4 nitrogen and oxygen atoms in total. The molecule has 3 aromatic rings. The average molecular weight is 613 g/mol. The van der Waals surface area contributed by atoms with Crippen molar-refractivity contribution in [2.45, 2.75) is 37.6 Å². The molecule has 0 bridgehead atoms. The lowest BCUT2D eigenvalue weighted by molar-refractivity contribution is -0.143. The van der Waals surface area contributed by atoms with E-state index in [0.717, 1.165) is 23.1 Å². The third-order valence-corrected chi connectivity index (χ3v) is 6.43. The van der Waals surface area contributed by atoms with Gasteiger partial charge in [0.15, 0.2) is 0 Å². The number of ether oxygens (including phenoxy) is 2. The van der Waals surface area contributed by atoms with Crippen molar-refractivity contribution < 1.29 is 62.6 Å². The summed E-state index contributed by atoms with van der Waals surface area (Å²) in [6, 6.07) is 6.17. The molecule has 0 radical (unpaired) electrons. The molecule has 4 rings (SSSR count). The highest BCUT2D eigenvalue weighted by Gasteiger charge is 2.40. The largest absolute Gasteiger partial charge is 0.496 e. The van der Waals surface area contributed by atoms with Crippen molar-refractivity contribution in [3.05, 3.63) is 88.0 Å². The minimum Gasteiger partial charge on any atom is -0.496 e. The number of cyclic esters (lactones) is 1. The Balaban J connectivity index is 1.75. The third-order valence-electron chi connectivity index (χ3n) is 6.43. The molecule has 1 saturated heterocycles. The highest BCUT2D eigenvalue weighted by molar-refractivity contribution is 5.76. The van der Waals surface area contributed by atoms with Crippen LogP contribution in [-0.4, -0.2) is 24.6 Å². The lowest BCUT2D eigenvalue weighted by Crippen LogP contribution is -2.24. The summed E-state index contributed by atoms with van der Waals surface area (Å²) < 4.78 is 157. The topological polar surface area (TPSA) is 38.8 Å². The van der Waals surface area contributed by atoms with E-state index in [0.29, 0.717) is 24.3 Å². The van der Waals surface area contributed by atoms with Crippen LogP contribution in [0.5, 0.6) is 5.75 Å². The first kappa shape index (κ1) is 30.9. The average Bonchev–Trinajstić information content (AvgIpc) is 3.26. The van der Waals surface area contributed by atoms with E-state index in [-0.39, 0.29) is 28.5 Å². The van der Waals surface area contributed by atoms with Crippen LogP contribution in [0.15, 0.2) is 54.6 Å². The van der Waals surface area contributed by atoms with Crippen LogP contribution >= 0.6 is 0 Å². The Hall–Kier alpha value is -4.04. The van der Waals surface area contributed by atoms with E-state index in [2.05, 4.69) is 0 Å². The predicted molar refractivity (Wildman–Crippen MR) is 124 cm³/mol. The van der Waals surface area contributed by atoms with Gasteiger partial charge in [-0.2, -0.15) is 39.5 Å². The van der Waals surface area contributed by atoms with Gasteiger partial charge in [-0.1, -0.05) is 6.07 Å². The molecule has 0 aliphatic carbocycles. The SMILES string of the molecule is COc1ccc(C(F)F)cc1-c1ccc(C(F)(F)F)cc1CN1C[C@H](c2cc(C(F)(F)F)cc(C(F)(F)F)c2)OC1=O. The summed E-state index contributed by atoms with van der Waals surface area (Å²) >= 11 is 0. The molecular formula is C27H18F11NO3. The van der Waals surface area contributed by atoms with E-state index in [1.807, 2.05) is 0 Å². The molecule has 3 aromatic carbocycles. The van der Waals surface area contributed by atoms with Crippen LogP contribution < -0.4 is 4.74 Å². The summed E-state index contributed by atoms with van der Waals surface area (Å²) in [5.41, 5.74) is -5.89. The van der Waals surface area contributed by atoms with Gasteiger partial charge in [0.2, 0.25) is 0 Å². The second-order valence-electron chi connectivity index (χ2n) is 9.22. The number of carbonyl (C=O) groups is 1. The van der Waals surface area contributed by atoms with Crippen molar-refractivity contribution >= 4 is 6.09 Å². The highest BCUT2D eigenvalue weighted by Crippen LogP contribution is 2.42. The molecule has 1 aliphatic heterocycles. The summed E-state index contributed by atoms with van der Waals surface area (Å²) in [4.78, 5) is 13.4. The standard InChI is InChI=1S/C27H18F11NO3/c1-41-21-5-2-13(23(28)29)9-20(21)19-4-3-16(25(30,31)32)8-15(19)11-39-12-22(42-24(39)40)14-6-17(26(33,34)35)10-18(7-14)27(36,37)38/h2-10,22-23H,11-12H2,1H3/t22-/m1/s1. The number of benzene rings is 3. The summed E-state index contributed by atoms with van der Waals surface area (Å²) in [6.45, 7) is -1.29. The Morgan fingerprint density at radius 3 is 1.93 bits per heavy atom. The fraction of sp³-hybridized carbons (Fsp3) is 0.296. The van der Waals surface area contributed by atoms with Crippen molar-refractivity contribution in [2.75, 3.05) is 13.7 Å². The van der Waals surface area contributed by atoms with Crippen LogP contribution in [0.3, 0.4) is 0 Å². The zero-order valence-electron chi connectivity index (χ0n) is 21.1. The van der Waals surface area contributed by atoms with E-state index < -0.39 is 78.1 Å². The van der Waals surface area contributed by atoms with Crippen molar-refractivity contribution in [3.8, 4) is 16.9 Å². The summed E-state index contributed by atoms with van der Waals surface area (Å²) in [6.07, 6.45) is -21.0. The number of methoxy groups -OCH3 is 1. The minimum absolute atomic E-state index is 0.00549. The predicted octanol–water partition coefficient (Wildman–Crippen LogP) is 9.05. The molecule has 226 valence electrons. The van der Waals surface area contributed by atoms with Gasteiger partial charge < -0.3 is 9.47 Å². The first-order chi connectivity index (χ1) is 19.4. The zero-order chi connectivity index (χ0) is 31.2. The normalized spacial score (nSPS) is 16.3. The molecule has 1 aliphatic rings. The second-order valence-corrected chi connectivity index (χ2v) is 9.22. The maximum Gasteiger partial charge on any atom is 0.416 e. The molecule has 0 unspecified atom stereocenters. The molecule has 0 spiro atoms. The van der Waals surface area contributed by atoms with Crippen LogP contribution in [0.25, 0.3) is 11.1 Å². The van der Waals surface area contributed by atoms with E-state index in [4.69, 9.17) is 9.47 Å². The Morgan fingerprint density at radius 2 is 1.40 bits per heavy atom. The third kappa shape index (κ3) is 6.54. The van der Waals surface area contributed by atoms with E-state index in [1.165, 1.54) is 13.2 Å². The van der Waals surface area contributed by atoms with Crippen LogP contribution in [0, 0.1) is 0 Å². The summed E-state index contributed by atoms with van der Waals surface area (Å²) in [7, 11) is 1.19. The molecule has 1 heterocycles. The first-order valence-electron chi connectivity index (χ1n) is 11.8. The first-order valence-corrected chi connectivity index (χ1v) is 11.8. The molecule has 0 aromatic heterocycles. The van der Waals surface area contributed by atoms with E-state index in [9.17, 15) is 53.1 Å². The van der Waals surface area contributed by atoms with Crippen molar-refractivity contribution in [3.63, 3.8) is 0 Å². The van der Waals surface area contributed by atoms with Gasteiger partial charge in [-0.15, -0.1) is 0 Å². The number of alkyl halides is 11. The van der Waals surface area contributed by atoms with Gasteiger partial charge in [-0.3, -0.25) is 4.90 Å². The smallest absolute Gasteiger partial charge is 0.416 e. The fourth-order valence-electron chi connectivity index (χ4n) is 4.42.